The van der Waals surface area contributed by atoms with Gasteiger partial charge in [0, 0.05) is 25.0 Å². The summed E-state index contributed by atoms with van der Waals surface area (Å²) in [4.78, 5) is 0. The molecule has 0 unspecified atom stereocenters. The van der Waals surface area contributed by atoms with Crippen LogP contribution in [0.4, 0.5) is 0 Å². The van der Waals surface area contributed by atoms with E-state index in [0.29, 0.717) is 6.04 Å². The molecule has 0 aliphatic heterocycles. The molecule has 0 atom stereocenters. The highest BCUT2D eigenvalue weighted by Crippen LogP contribution is 1.97. The second kappa shape index (κ2) is 6.60. The molecule has 1 heterocycles. The fourth-order valence-corrected chi connectivity index (χ4v) is 1.40. The molecule has 14 heavy (non-hydrogen) atoms. The lowest BCUT2D eigenvalue weighted by molar-refractivity contribution is 0.511. The van der Waals surface area contributed by atoms with Crippen LogP contribution in [0.3, 0.4) is 0 Å². The van der Waals surface area contributed by atoms with Crippen LogP contribution in [0.2, 0.25) is 0 Å². The summed E-state index contributed by atoms with van der Waals surface area (Å²) in [6.07, 6.45) is 7.62. The number of nitrogens with zero attached hydrogens (tertiary/aromatic N) is 2. The van der Waals surface area contributed by atoms with E-state index in [-0.39, 0.29) is 0 Å². The molecule has 0 aromatic carbocycles. The Balaban J connectivity index is 1.90. The summed E-state index contributed by atoms with van der Waals surface area (Å²) < 4.78 is 2.00. The first-order chi connectivity index (χ1) is 6.79. The van der Waals surface area contributed by atoms with E-state index in [1.165, 1.54) is 19.3 Å². The van der Waals surface area contributed by atoms with Crippen molar-refractivity contribution in [2.24, 2.45) is 0 Å². The van der Waals surface area contributed by atoms with Gasteiger partial charge in [-0.05, 0) is 25.5 Å². The molecule has 0 radical (unpaired) electrons. The minimum absolute atomic E-state index is 0.612. The number of hydrogen-bond acceptors (Lipinski definition) is 2. The fraction of sp³-hybridized carbons (Fsp3) is 0.727. The summed E-state index contributed by atoms with van der Waals surface area (Å²) in [6, 6.07) is 2.58. The molecular weight excluding hydrogens is 174 g/mol. The molecule has 0 saturated carbocycles. The molecule has 80 valence electrons. The summed E-state index contributed by atoms with van der Waals surface area (Å²) in [5.41, 5.74) is 0. The Morgan fingerprint density at radius 2 is 2.14 bits per heavy atom. The van der Waals surface area contributed by atoms with Gasteiger partial charge in [-0.1, -0.05) is 20.3 Å². The number of rotatable bonds is 7. The van der Waals surface area contributed by atoms with Crippen LogP contribution in [0.1, 0.15) is 33.1 Å². The maximum absolute atomic E-state index is 4.16. The monoisotopic (exact) mass is 195 g/mol. The van der Waals surface area contributed by atoms with Crippen LogP contribution in [0.25, 0.3) is 0 Å². The van der Waals surface area contributed by atoms with Gasteiger partial charge in [-0.15, -0.1) is 0 Å². The van der Waals surface area contributed by atoms with Crippen molar-refractivity contribution in [3.8, 4) is 0 Å². The molecule has 3 nitrogen and oxygen atoms in total. The van der Waals surface area contributed by atoms with Crippen LogP contribution in [-0.2, 0) is 6.54 Å². The lowest BCUT2D eigenvalue weighted by Gasteiger charge is -2.07. The quantitative estimate of drug-likeness (QED) is 0.675. The molecule has 0 bridgehead atoms. The van der Waals surface area contributed by atoms with Gasteiger partial charge in [-0.3, -0.25) is 4.68 Å². The van der Waals surface area contributed by atoms with E-state index >= 15 is 0 Å². The van der Waals surface area contributed by atoms with Gasteiger partial charge < -0.3 is 5.32 Å². The smallest absolute Gasteiger partial charge is 0.0489 e. The van der Waals surface area contributed by atoms with Crippen LogP contribution in [-0.4, -0.2) is 22.4 Å². The van der Waals surface area contributed by atoms with Gasteiger partial charge in [0.1, 0.15) is 0 Å². The van der Waals surface area contributed by atoms with Crippen molar-refractivity contribution in [1.29, 1.82) is 0 Å². The molecule has 0 fully saturated rings. The summed E-state index contributed by atoms with van der Waals surface area (Å²) >= 11 is 0. The van der Waals surface area contributed by atoms with Gasteiger partial charge in [0.15, 0.2) is 0 Å². The van der Waals surface area contributed by atoms with E-state index < -0.39 is 0 Å². The normalized spacial score (nSPS) is 11.1. The zero-order chi connectivity index (χ0) is 10.2. The largest absolute Gasteiger partial charge is 0.315 e. The number of hydrogen-bond donors (Lipinski definition) is 1. The number of unbranched alkanes of at least 4 members (excludes halogenated alkanes) is 2. The molecule has 0 amide bonds. The highest BCUT2D eigenvalue weighted by molar-refractivity contribution is 4.77. The van der Waals surface area contributed by atoms with Crippen molar-refractivity contribution < 1.29 is 0 Å². The average molecular weight is 195 g/mol. The van der Waals surface area contributed by atoms with Crippen LogP contribution < -0.4 is 5.32 Å². The Labute approximate surface area is 86.5 Å². The third kappa shape index (κ3) is 5.02. The lowest BCUT2D eigenvalue weighted by Crippen LogP contribution is -2.23. The van der Waals surface area contributed by atoms with Crippen molar-refractivity contribution in [2.45, 2.75) is 45.7 Å². The van der Waals surface area contributed by atoms with Crippen molar-refractivity contribution in [3.05, 3.63) is 18.5 Å². The van der Waals surface area contributed by atoms with Gasteiger partial charge in [0.25, 0.3) is 0 Å². The molecular formula is C11H21N3. The second-order valence-corrected chi connectivity index (χ2v) is 3.94. The van der Waals surface area contributed by atoms with Crippen molar-refractivity contribution >= 4 is 0 Å². The van der Waals surface area contributed by atoms with Gasteiger partial charge in [0.2, 0.25) is 0 Å². The number of aromatic nitrogens is 2. The van der Waals surface area contributed by atoms with Gasteiger partial charge in [-0.2, -0.15) is 5.10 Å². The van der Waals surface area contributed by atoms with E-state index in [1.807, 2.05) is 23.1 Å². The maximum atomic E-state index is 4.16. The minimum Gasteiger partial charge on any atom is -0.315 e. The summed E-state index contributed by atoms with van der Waals surface area (Å²) in [6.45, 7) is 6.55. The molecule has 0 aliphatic rings. The van der Waals surface area contributed by atoms with Gasteiger partial charge in [-0.25, -0.2) is 0 Å². The van der Waals surface area contributed by atoms with Crippen LogP contribution in [0, 0.1) is 0 Å². The second-order valence-electron chi connectivity index (χ2n) is 3.94. The number of nitrogens with one attached hydrogen (secondary N) is 1. The van der Waals surface area contributed by atoms with Crippen LogP contribution in [0.5, 0.6) is 0 Å². The molecule has 1 aromatic rings. The molecule has 0 spiro atoms. The Kier molecular flexibility index (Phi) is 5.30. The Morgan fingerprint density at radius 3 is 2.79 bits per heavy atom. The summed E-state index contributed by atoms with van der Waals surface area (Å²) in [7, 11) is 0. The highest BCUT2D eigenvalue weighted by Gasteiger charge is 1.93. The van der Waals surface area contributed by atoms with Crippen molar-refractivity contribution in [2.75, 3.05) is 6.54 Å². The Hall–Kier alpha value is -0.830. The van der Waals surface area contributed by atoms with Crippen LogP contribution >= 0.6 is 0 Å². The zero-order valence-electron chi connectivity index (χ0n) is 9.24. The first-order valence-corrected chi connectivity index (χ1v) is 5.50. The zero-order valence-corrected chi connectivity index (χ0v) is 9.24. The van der Waals surface area contributed by atoms with Crippen molar-refractivity contribution in [3.63, 3.8) is 0 Å². The standard InChI is InChI=1S/C11H21N3/c1-11(2)12-7-4-3-5-9-14-10-6-8-13-14/h6,8,10-12H,3-5,7,9H2,1-2H3. The van der Waals surface area contributed by atoms with E-state index in [0.717, 1.165) is 13.1 Å². The van der Waals surface area contributed by atoms with Crippen LogP contribution in [0.15, 0.2) is 18.5 Å². The lowest BCUT2D eigenvalue weighted by atomic mass is 10.2. The third-order valence-electron chi connectivity index (χ3n) is 2.18. The molecule has 1 rings (SSSR count). The predicted octanol–water partition coefficient (Wildman–Crippen LogP) is 2.05. The molecule has 1 aromatic heterocycles. The summed E-state index contributed by atoms with van der Waals surface area (Å²) in [5.74, 6) is 0. The summed E-state index contributed by atoms with van der Waals surface area (Å²) in [5, 5.41) is 7.58. The van der Waals surface area contributed by atoms with E-state index in [4.69, 9.17) is 0 Å². The molecule has 1 N–H and O–H groups in total. The Morgan fingerprint density at radius 1 is 1.29 bits per heavy atom. The maximum Gasteiger partial charge on any atom is 0.0489 e. The first-order valence-electron chi connectivity index (χ1n) is 5.50. The fourth-order valence-electron chi connectivity index (χ4n) is 1.40. The van der Waals surface area contributed by atoms with Crippen molar-refractivity contribution in [1.82, 2.24) is 15.1 Å². The molecule has 3 heteroatoms. The number of aryl methyl sites for hydroxylation is 1. The predicted molar refractivity (Wildman–Crippen MR) is 59.2 cm³/mol. The highest BCUT2D eigenvalue weighted by atomic mass is 15.3. The minimum atomic E-state index is 0.612. The van der Waals surface area contributed by atoms with E-state index in [2.05, 4.69) is 24.3 Å². The SMILES string of the molecule is CC(C)NCCCCCn1cccn1. The van der Waals surface area contributed by atoms with E-state index in [9.17, 15) is 0 Å². The third-order valence-corrected chi connectivity index (χ3v) is 2.18. The first kappa shape index (κ1) is 11.2. The van der Waals surface area contributed by atoms with Gasteiger partial charge >= 0.3 is 0 Å². The molecule has 0 aliphatic carbocycles. The van der Waals surface area contributed by atoms with Gasteiger partial charge in [0.05, 0.1) is 0 Å². The average Bonchev–Trinajstić information content (AvgIpc) is 2.63. The molecule has 0 saturated heterocycles. The Bertz CT molecular complexity index is 216. The van der Waals surface area contributed by atoms with E-state index in [1.54, 1.807) is 0 Å². The topological polar surface area (TPSA) is 29.9 Å².